The smallest absolute Gasteiger partial charge is 0.247 e. The maximum absolute atomic E-state index is 11.5. The molecule has 77 valence electrons. The van der Waals surface area contributed by atoms with Gasteiger partial charge in [0.1, 0.15) is 0 Å². The molecule has 0 bridgehead atoms. The van der Waals surface area contributed by atoms with E-state index in [-0.39, 0.29) is 11.9 Å². The number of hydrogen-bond acceptors (Lipinski definition) is 3. The molecule has 1 atom stereocenters. The van der Waals surface area contributed by atoms with E-state index in [2.05, 4.69) is 29.2 Å². The number of likely N-dealkylation sites (N-methyl/N-ethyl adjacent to an activating group) is 1. The molecule has 0 amide bonds. The number of ketones is 1. The summed E-state index contributed by atoms with van der Waals surface area (Å²) in [5.41, 5.74) is 0.886. The van der Waals surface area contributed by atoms with Gasteiger partial charge in [0.05, 0.1) is 6.10 Å². The van der Waals surface area contributed by atoms with Crippen molar-refractivity contribution in [3.8, 4) is 0 Å². The summed E-state index contributed by atoms with van der Waals surface area (Å²) in [7, 11) is 2.97. The Morgan fingerprint density at radius 1 is 1.57 bits per heavy atom. The lowest BCUT2D eigenvalue weighted by molar-refractivity contribution is -0.115. The molecular weight excluding hydrogens is 194 g/mol. The molecule has 0 fully saturated rings. The van der Waals surface area contributed by atoms with Crippen LogP contribution in [-0.2, 0) is 9.22 Å². The van der Waals surface area contributed by atoms with Gasteiger partial charge in [-0.15, -0.1) is 0 Å². The van der Waals surface area contributed by atoms with Gasteiger partial charge in [0.2, 0.25) is 10.5 Å². The zero-order chi connectivity index (χ0) is 10.6. The van der Waals surface area contributed by atoms with Crippen molar-refractivity contribution in [3.63, 3.8) is 0 Å². The molecule has 0 aromatic carbocycles. The maximum atomic E-state index is 11.5. The van der Waals surface area contributed by atoms with Crippen molar-refractivity contribution in [1.29, 1.82) is 0 Å². The van der Waals surface area contributed by atoms with E-state index in [4.69, 9.17) is 4.43 Å². The van der Waals surface area contributed by atoms with Gasteiger partial charge < -0.3 is 4.43 Å². The van der Waals surface area contributed by atoms with Crippen LogP contribution in [0.1, 0.15) is 20.3 Å². The summed E-state index contributed by atoms with van der Waals surface area (Å²) >= 11 is 0. The van der Waals surface area contributed by atoms with Crippen LogP contribution in [0.4, 0.5) is 0 Å². The molecule has 1 aliphatic carbocycles. The molecule has 0 aromatic rings. The highest BCUT2D eigenvalue weighted by molar-refractivity contribution is 6.01. The SMILES string of the molecule is CCN(CC)CC1=CC(O[Si])CC1=O. The zero-order valence-electron chi connectivity index (χ0n) is 8.75. The zero-order valence-corrected chi connectivity index (χ0v) is 9.75. The van der Waals surface area contributed by atoms with Crippen molar-refractivity contribution >= 4 is 16.3 Å². The van der Waals surface area contributed by atoms with E-state index in [1.807, 2.05) is 6.08 Å². The van der Waals surface area contributed by atoms with E-state index in [0.717, 1.165) is 25.2 Å². The third kappa shape index (κ3) is 2.77. The van der Waals surface area contributed by atoms with Gasteiger partial charge in [-0.1, -0.05) is 13.8 Å². The average Bonchev–Trinajstić information content (AvgIpc) is 2.56. The highest BCUT2D eigenvalue weighted by Crippen LogP contribution is 2.17. The highest BCUT2D eigenvalue weighted by Gasteiger charge is 2.24. The van der Waals surface area contributed by atoms with Crippen LogP contribution < -0.4 is 0 Å². The normalized spacial score (nSPS) is 21.9. The van der Waals surface area contributed by atoms with E-state index >= 15 is 0 Å². The van der Waals surface area contributed by atoms with Crippen LogP contribution >= 0.6 is 0 Å². The van der Waals surface area contributed by atoms with Crippen LogP contribution in [0.15, 0.2) is 11.6 Å². The molecule has 0 heterocycles. The predicted octanol–water partition coefficient (Wildman–Crippen LogP) is 0.696. The van der Waals surface area contributed by atoms with Gasteiger partial charge >= 0.3 is 0 Å². The summed E-state index contributed by atoms with van der Waals surface area (Å²) < 4.78 is 4.95. The van der Waals surface area contributed by atoms with Gasteiger partial charge in [0.25, 0.3) is 0 Å². The van der Waals surface area contributed by atoms with Crippen LogP contribution in [0, 0.1) is 0 Å². The Labute approximate surface area is 88.7 Å². The maximum Gasteiger partial charge on any atom is 0.247 e. The Balaban J connectivity index is 2.55. The molecule has 0 aliphatic heterocycles. The molecule has 1 rings (SSSR count). The van der Waals surface area contributed by atoms with Gasteiger partial charge in [-0.05, 0) is 19.2 Å². The quantitative estimate of drug-likeness (QED) is 0.626. The summed E-state index contributed by atoms with van der Waals surface area (Å²) in [6, 6.07) is 0. The van der Waals surface area contributed by atoms with E-state index in [1.165, 1.54) is 0 Å². The largest absolute Gasteiger partial charge is 0.412 e. The number of nitrogens with zero attached hydrogens (tertiary/aromatic N) is 1. The molecule has 0 aromatic heterocycles. The second kappa shape index (κ2) is 5.43. The Morgan fingerprint density at radius 2 is 2.21 bits per heavy atom. The first-order valence-electron chi connectivity index (χ1n) is 4.99. The van der Waals surface area contributed by atoms with Gasteiger partial charge in [0.15, 0.2) is 5.78 Å². The van der Waals surface area contributed by atoms with E-state index in [9.17, 15) is 4.79 Å². The third-order valence-electron chi connectivity index (χ3n) is 2.57. The minimum Gasteiger partial charge on any atom is -0.412 e. The lowest BCUT2D eigenvalue weighted by Crippen LogP contribution is -2.26. The van der Waals surface area contributed by atoms with Crippen LogP contribution in [0.3, 0.4) is 0 Å². The first kappa shape index (κ1) is 11.6. The molecule has 0 spiro atoms. The predicted molar refractivity (Wildman–Crippen MR) is 56.1 cm³/mol. The standard InChI is InChI=1S/C10H16NO2Si/c1-3-11(4-2)7-8-5-9(13-14)6-10(8)12/h5,9H,3-4,6-7H2,1-2H3. The molecule has 14 heavy (non-hydrogen) atoms. The van der Waals surface area contributed by atoms with Crippen LogP contribution in [-0.4, -0.2) is 46.9 Å². The summed E-state index contributed by atoms with van der Waals surface area (Å²) in [6.45, 7) is 6.89. The summed E-state index contributed by atoms with van der Waals surface area (Å²) in [6.07, 6.45) is 2.30. The van der Waals surface area contributed by atoms with Crippen LogP contribution in [0.5, 0.6) is 0 Å². The van der Waals surface area contributed by atoms with Crippen LogP contribution in [0.2, 0.25) is 0 Å². The fourth-order valence-corrected chi connectivity index (χ4v) is 1.75. The Hall–Kier alpha value is -0.453. The summed E-state index contributed by atoms with van der Waals surface area (Å²) in [5.74, 6) is 0.208. The van der Waals surface area contributed by atoms with Crippen molar-refractivity contribution < 1.29 is 9.22 Å². The minimum atomic E-state index is -0.0790. The third-order valence-corrected chi connectivity index (χ3v) is 2.87. The Bertz CT molecular complexity index is 236. The molecule has 0 N–H and O–H groups in total. The number of carbonyl (C=O) groups is 1. The fraction of sp³-hybridized carbons (Fsp3) is 0.700. The van der Waals surface area contributed by atoms with E-state index in [0.29, 0.717) is 6.42 Å². The molecular formula is C10H16NO2Si. The van der Waals surface area contributed by atoms with Gasteiger partial charge in [-0.3, -0.25) is 9.69 Å². The van der Waals surface area contributed by atoms with Crippen molar-refractivity contribution in [2.45, 2.75) is 26.4 Å². The molecule has 3 radical (unpaired) electrons. The second-order valence-corrected chi connectivity index (χ2v) is 3.67. The molecule has 4 heteroatoms. The number of carbonyl (C=O) groups excluding carboxylic acids is 1. The van der Waals surface area contributed by atoms with Gasteiger partial charge in [0, 0.05) is 18.5 Å². The van der Waals surface area contributed by atoms with Crippen molar-refractivity contribution in [2.75, 3.05) is 19.6 Å². The topological polar surface area (TPSA) is 29.5 Å². The lowest BCUT2D eigenvalue weighted by atomic mass is 10.2. The Kier molecular flexibility index (Phi) is 4.51. The van der Waals surface area contributed by atoms with Crippen molar-refractivity contribution in [1.82, 2.24) is 4.90 Å². The van der Waals surface area contributed by atoms with Crippen molar-refractivity contribution in [3.05, 3.63) is 11.6 Å². The summed E-state index contributed by atoms with van der Waals surface area (Å²) in [4.78, 5) is 13.7. The number of rotatable bonds is 5. The van der Waals surface area contributed by atoms with Crippen LogP contribution in [0.25, 0.3) is 0 Å². The molecule has 0 saturated carbocycles. The van der Waals surface area contributed by atoms with E-state index in [1.54, 1.807) is 0 Å². The van der Waals surface area contributed by atoms with E-state index < -0.39 is 0 Å². The fourth-order valence-electron chi connectivity index (χ4n) is 1.59. The van der Waals surface area contributed by atoms with Crippen molar-refractivity contribution in [2.24, 2.45) is 0 Å². The molecule has 1 aliphatic rings. The molecule has 3 nitrogen and oxygen atoms in total. The number of Topliss-reactive ketones (excluding diaryl/α,β-unsaturated/α-hetero) is 1. The first-order valence-corrected chi connectivity index (χ1v) is 5.40. The summed E-state index contributed by atoms with van der Waals surface area (Å²) in [5, 5.41) is 0. The minimum absolute atomic E-state index is 0.0790. The van der Waals surface area contributed by atoms with Gasteiger partial charge in [-0.2, -0.15) is 0 Å². The monoisotopic (exact) mass is 210 g/mol. The Morgan fingerprint density at radius 3 is 2.64 bits per heavy atom. The van der Waals surface area contributed by atoms with Gasteiger partial charge in [-0.25, -0.2) is 0 Å². The average molecular weight is 210 g/mol. The second-order valence-electron chi connectivity index (χ2n) is 3.44. The first-order chi connectivity index (χ1) is 6.71. The molecule has 1 unspecified atom stereocenters. The highest BCUT2D eigenvalue weighted by atomic mass is 28.2. The lowest BCUT2D eigenvalue weighted by Gasteiger charge is -2.17. The number of hydrogen-bond donors (Lipinski definition) is 0. The molecule has 0 saturated heterocycles.